The third-order valence-electron chi connectivity index (χ3n) is 2.99. The quantitative estimate of drug-likeness (QED) is 0.852. The molecule has 110 valence electrons. The van der Waals surface area contributed by atoms with Crippen LogP contribution in [0.1, 0.15) is 6.42 Å². The Kier molecular flexibility index (Phi) is 4.52. The topological polar surface area (TPSA) is 81.7 Å². The Labute approximate surface area is 121 Å². The van der Waals surface area contributed by atoms with Gasteiger partial charge in [0.25, 0.3) is 9.05 Å². The van der Waals surface area contributed by atoms with E-state index >= 15 is 0 Å². The van der Waals surface area contributed by atoms with Crippen LogP contribution in [0, 0.1) is 5.92 Å². The summed E-state index contributed by atoms with van der Waals surface area (Å²) in [6.07, 6.45) is 0.678. The van der Waals surface area contributed by atoms with Crippen LogP contribution in [0.5, 0.6) is 5.75 Å². The van der Waals surface area contributed by atoms with E-state index in [0.717, 1.165) is 0 Å². The fourth-order valence-corrected chi connectivity index (χ4v) is 2.93. The Hall–Kier alpha value is -1.31. The summed E-state index contributed by atoms with van der Waals surface area (Å²) < 4.78 is 32.8. The number of ether oxygens (including phenoxy) is 2. The molecule has 1 aliphatic heterocycles. The fraction of sp³-hybridized carbons (Fsp3) is 0.417. The van der Waals surface area contributed by atoms with Crippen molar-refractivity contribution in [3.63, 3.8) is 0 Å². The summed E-state index contributed by atoms with van der Waals surface area (Å²) >= 11 is 0. The molecule has 1 N–H and O–H groups in total. The van der Waals surface area contributed by atoms with E-state index in [1.165, 1.54) is 25.3 Å². The minimum atomic E-state index is -3.89. The van der Waals surface area contributed by atoms with Gasteiger partial charge in [0.1, 0.15) is 10.6 Å². The summed E-state index contributed by atoms with van der Waals surface area (Å²) in [5, 5.41) is 2.70. The second kappa shape index (κ2) is 5.99. The molecule has 0 saturated carbocycles. The van der Waals surface area contributed by atoms with Crippen LogP contribution in [0.4, 0.5) is 5.69 Å². The first-order valence-electron chi connectivity index (χ1n) is 5.93. The molecule has 0 aromatic heterocycles. The normalized spacial score (nSPS) is 18.8. The van der Waals surface area contributed by atoms with Gasteiger partial charge in [-0.25, -0.2) is 8.42 Å². The fourth-order valence-electron chi connectivity index (χ4n) is 1.93. The molecule has 1 amide bonds. The molecular weight excluding hydrogens is 306 g/mol. The molecular formula is C12H14ClNO5S. The summed E-state index contributed by atoms with van der Waals surface area (Å²) in [5.74, 6) is -0.260. The van der Waals surface area contributed by atoms with Crippen molar-refractivity contribution < 1.29 is 22.7 Å². The number of anilines is 1. The number of hydrogen-bond acceptors (Lipinski definition) is 5. The lowest BCUT2D eigenvalue weighted by molar-refractivity contribution is -0.119. The lowest BCUT2D eigenvalue weighted by Crippen LogP contribution is -2.22. The van der Waals surface area contributed by atoms with E-state index in [9.17, 15) is 13.2 Å². The van der Waals surface area contributed by atoms with Gasteiger partial charge in [-0.1, -0.05) is 0 Å². The Balaban J connectivity index is 2.19. The number of benzene rings is 1. The smallest absolute Gasteiger partial charge is 0.264 e. The van der Waals surface area contributed by atoms with Gasteiger partial charge in [-0.2, -0.15) is 0 Å². The number of carbonyl (C=O) groups excluding carboxylic acids is 1. The van der Waals surface area contributed by atoms with Crippen molar-refractivity contribution in [2.45, 2.75) is 11.3 Å². The van der Waals surface area contributed by atoms with Gasteiger partial charge >= 0.3 is 0 Å². The maximum atomic E-state index is 11.9. The van der Waals surface area contributed by atoms with Crippen molar-refractivity contribution in [2.75, 3.05) is 25.6 Å². The van der Waals surface area contributed by atoms with Crippen LogP contribution in [0.3, 0.4) is 0 Å². The minimum Gasteiger partial charge on any atom is -0.495 e. The maximum Gasteiger partial charge on any atom is 0.264 e. The second-order valence-electron chi connectivity index (χ2n) is 4.35. The average molecular weight is 320 g/mol. The third kappa shape index (κ3) is 3.41. The van der Waals surface area contributed by atoms with Gasteiger partial charge in [-0.05, 0) is 18.6 Å². The molecule has 1 unspecified atom stereocenters. The molecule has 0 aliphatic carbocycles. The van der Waals surface area contributed by atoms with Crippen LogP contribution in [0.15, 0.2) is 23.1 Å². The van der Waals surface area contributed by atoms with Gasteiger partial charge in [0.05, 0.1) is 19.6 Å². The van der Waals surface area contributed by atoms with E-state index in [1.54, 1.807) is 0 Å². The van der Waals surface area contributed by atoms with Crippen molar-refractivity contribution in [1.82, 2.24) is 0 Å². The van der Waals surface area contributed by atoms with Gasteiger partial charge in [0.2, 0.25) is 5.91 Å². The first kappa shape index (κ1) is 15.1. The van der Waals surface area contributed by atoms with Gasteiger partial charge in [-0.3, -0.25) is 4.79 Å². The molecule has 0 bridgehead atoms. The summed E-state index contributed by atoms with van der Waals surface area (Å²) in [7, 11) is 2.73. The molecule has 1 fully saturated rings. The number of halogens is 1. The second-order valence-corrected chi connectivity index (χ2v) is 6.89. The number of hydrogen-bond donors (Lipinski definition) is 1. The lowest BCUT2D eigenvalue weighted by atomic mass is 10.1. The molecule has 1 atom stereocenters. The highest BCUT2D eigenvalue weighted by atomic mass is 35.7. The highest BCUT2D eigenvalue weighted by Gasteiger charge is 2.24. The molecule has 1 saturated heterocycles. The van der Waals surface area contributed by atoms with Crippen molar-refractivity contribution in [1.29, 1.82) is 0 Å². The first-order chi connectivity index (χ1) is 9.41. The molecule has 1 aromatic rings. The lowest BCUT2D eigenvalue weighted by Gasteiger charge is -2.12. The monoisotopic (exact) mass is 319 g/mol. The summed E-state index contributed by atoms with van der Waals surface area (Å²) in [6, 6.07) is 4.18. The molecule has 1 aliphatic rings. The van der Waals surface area contributed by atoms with Crippen LogP contribution in [0.2, 0.25) is 0 Å². The first-order valence-corrected chi connectivity index (χ1v) is 8.24. The molecule has 0 radical (unpaired) electrons. The number of nitrogens with one attached hydrogen (secondary N) is 1. The molecule has 8 heteroatoms. The molecule has 20 heavy (non-hydrogen) atoms. The standard InChI is InChI=1S/C12H14ClNO5S/c1-18-10-6-9(2-3-11(10)20(13,16)17)14-12(15)8-4-5-19-7-8/h2-3,6,8H,4-5,7H2,1H3,(H,14,15). The largest absolute Gasteiger partial charge is 0.495 e. The number of amides is 1. The predicted octanol–water partition coefficient (Wildman–Crippen LogP) is 1.60. The minimum absolute atomic E-state index is 0.0838. The van der Waals surface area contributed by atoms with E-state index in [4.69, 9.17) is 20.2 Å². The van der Waals surface area contributed by atoms with Gasteiger partial charge in [0.15, 0.2) is 0 Å². The van der Waals surface area contributed by atoms with Crippen molar-refractivity contribution in [2.24, 2.45) is 5.92 Å². The van der Waals surface area contributed by atoms with Gasteiger partial charge in [-0.15, -0.1) is 0 Å². The summed E-state index contributed by atoms with van der Waals surface area (Å²) in [4.78, 5) is 11.8. The zero-order valence-corrected chi connectivity index (χ0v) is 12.3. The van der Waals surface area contributed by atoms with E-state index in [0.29, 0.717) is 25.3 Å². The number of rotatable bonds is 4. The van der Waals surface area contributed by atoms with E-state index < -0.39 is 9.05 Å². The maximum absolute atomic E-state index is 11.9. The van der Waals surface area contributed by atoms with Crippen LogP contribution >= 0.6 is 10.7 Å². The predicted molar refractivity (Wildman–Crippen MR) is 73.6 cm³/mol. The third-order valence-corrected chi connectivity index (χ3v) is 4.36. The van der Waals surface area contributed by atoms with Gasteiger partial charge < -0.3 is 14.8 Å². The van der Waals surface area contributed by atoms with Crippen LogP contribution in [-0.4, -0.2) is 34.6 Å². The molecule has 1 aromatic carbocycles. The Morgan fingerprint density at radius 3 is 2.80 bits per heavy atom. The van der Waals surface area contributed by atoms with E-state index in [2.05, 4.69) is 5.32 Å². The SMILES string of the molecule is COc1cc(NC(=O)C2CCOC2)ccc1S(=O)(=O)Cl. The van der Waals surface area contributed by atoms with Crippen molar-refractivity contribution >= 4 is 31.3 Å². The average Bonchev–Trinajstić information content (AvgIpc) is 2.91. The molecule has 2 rings (SSSR count). The number of carbonyl (C=O) groups is 1. The van der Waals surface area contributed by atoms with Gasteiger partial charge in [0, 0.05) is 29.0 Å². The zero-order chi connectivity index (χ0) is 14.8. The van der Waals surface area contributed by atoms with E-state index in [1.807, 2.05) is 0 Å². The van der Waals surface area contributed by atoms with Crippen molar-refractivity contribution in [3.8, 4) is 5.75 Å². The zero-order valence-electron chi connectivity index (χ0n) is 10.8. The van der Waals surface area contributed by atoms with Crippen LogP contribution in [0.25, 0.3) is 0 Å². The molecule has 1 heterocycles. The van der Waals surface area contributed by atoms with Crippen molar-refractivity contribution in [3.05, 3.63) is 18.2 Å². The Bertz CT molecular complexity index is 610. The molecule has 6 nitrogen and oxygen atoms in total. The summed E-state index contributed by atoms with van der Waals surface area (Å²) in [6.45, 7) is 0.974. The van der Waals surface area contributed by atoms with Crippen LogP contribution < -0.4 is 10.1 Å². The summed E-state index contributed by atoms with van der Waals surface area (Å²) in [5.41, 5.74) is 0.447. The highest BCUT2D eigenvalue weighted by molar-refractivity contribution is 8.13. The Morgan fingerprint density at radius 1 is 1.50 bits per heavy atom. The Morgan fingerprint density at radius 2 is 2.25 bits per heavy atom. The number of methoxy groups -OCH3 is 1. The molecule has 0 spiro atoms. The highest BCUT2D eigenvalue weighted by Crippen LogP contribution is 2.30. The van der Waals surface area contributed by atoms with E-state index in [-0.39, 0.29) is 22.5 Å². The van der Waals surface area contributed by atoms with Crippen LogP contribution in [-0.2, 0) is 18.6 Å².